The zero-order valence-corrected chi connectivity index (χ0v) is 18.6. The predicted molar refractivity (Wildman–Crippen MR) is 120 cm³/mol. The molecule has 1 fully saturated rings. The highest BCUT2D eigenvalue weighted by Crippen LogP contribution is 2.38. The molecular formula is C22H26BN5O4. The van der Waals surface area contributed by atoms with Gasteiger partial charge in [0.15, 0.2) is 5.65 Å². The smallest absolute Gasteiger partial charge is 0.445 e. The molecule has 0 aliphatic carbocycles. The minimum absolute atomic E-state index is 0.157. The van der Waals surface area contributed by atoms with Crippen LogP contribution in [0.1, 0.15) is 39.0 Å². The van der Waals surface area contributed by atoms with Crippen LogP contribution in [0.4, 0.5) is 4.79 Å². The molecule has 0 unspecified atom stereocenters. The molecule has 3 heterocycles. The fourth-order valence-corrected chi connectivity index (χ4v) is 3.21. The number of carbonyl (C=O) groups excluding carboxylic acids is 1. The molecule has 166 valence electrons. The summed E-state index contributed by atoms with van der Waals surface area (Å²) in [7, 11) is -0.664. The predicted octanol–water partition coefficient (Wildman–Crippen LogP) is 3.29. The van der Waals surface area contributed by atoms with Crippen molar-refractivity contribution < 1.29 is 18.8 Å². The van der Waals surface area contributed by atoms with E-state index in [1.54, 1.807) is 6.33 Å². The van der Waals surface area contributed by atoms with E-state index >= 15 is 0 Å². The van der Waals surface area contributed by atoms with E-state index < -0.39 is 24.4 Å². The van der Waals surface area contributed by atoms with Crippen molar-refractivity contribution in [1.82, 2.24) is 25.3 Å². The number of rotatable bonds is 6. The Bertz CT molecular complexity index is 1110. The van der Waals surface area contributed by atoms with E-state index in [2.05, 4.69) is 25.3 Å². The summed E-state index contributed by atoms with van der Waals surface area (Å²) in [4.78, 5) is 28.0. The summed E-state index contributed by atoms with van der Waals surface area (Å²) in [6.45, 7) is 8.24. The molecule has 0 saturated carbocycles. The molecule has 2 N–H and O–H groups in total. The number of nitrogens with one attached hydrogen (secondary N) is 2. The summed E-state index contributed by atoms with van der Waals surface area (Å²) in [5.74, 6) is 0. The van der Waals surface area contributed by atoms with E-state index in [9.17, 15) is 4.79 Å². The number of carbonyl (C=O) groups is 1. The van der Waals surface area contributed by atoms with Crippen molar-refractivity contribution in [1.29, 1.82) is 0 Å². The van der Waals surface area contributed by atoms with Gasteiger partial charge in [-0.15, -0.1) is 0 Å². The average molecular weight is 435 g/mol. The largest absolute Gasteiger partial charge is 0.492 e. The second kappa shape index (κ2) is 8.72. The van der Waals surface area contributed by atoms with Gasteiger partial charge in [-0.25, -0.2) is 19.7 Å². The van der Waals surface area contributed by atoms with E-state index in [1.807, 2.05) is 64.1 Å². The minimum Gasteiger partial charge on any atom is -0.445 e. The third kappa shape index (κ3) is 4.66. The number of nitrogens with zero attached hydrogens (tertiary/aromatic N) is 3. The Labute approximate surface area is 186 Å². The molecule has 1 aromatic carbocycles. The lowest BCUT2D eigenvalue weighted by Gasteiger charge is -2.32. The van der Waals surface area contributed by atoms with Crippen LogP contribution >= 0.6 is 0 Å². The number of H-pyrrole nitrogens is 1. The van der Waals surface area contributed by atoms with Crippen molar-refractivity contribution in [2.75, 3.05) is 6.54 Å². The fraction of sp³-hybridized carbons (Fsp3) is 0.364. The molecule has 1 aliphatic rings. The number of aromatic amines is 1. The molecule has 2 aromatic heterocycles. The maximum absolute atomic E-state index is 12.3. The second-order valence-electron chi connectivity index (χ2n) is 8.58. The average Bonchev–Trinajstić information content (AvgIpc) is 3.32. The van der Waals surface area contributed by atoms with Gasteiger partial charge in [-0.05, 0) is 44.8 Å². The number of alkyl carbamates (subject to hydrolysis) is 1. The molecule has 3 aromatic rings. The highest BCUT2D eigenvalue weighted by atomic mass is 16.7. The number of hydrogen-bond donors (Lipinski definition) is 2. The molecule has 1 aliphatic heterocycles. The first-order valence-electron chi connectivity index (χ1n) is 10.4. The lowest BCUT2D eigenvalue weighted by Crippen LogP contribution is -2.41. The Morgan fingerprint density at radius 3 is 2.56 bits per heavy atom. The second-order valence-corrected chi connectivity index (χ2v) is 8.58. The van der Waals surface area contributed by atoms with Crippen LogP contribution in [0, 0.1) is 0 Å². The number of aromatic nitrogens is 4. The van der Waals surface area contributed by atoms with Crippen molar-refractivity contribution in [3.05, 3.63) is 59.7 Å². The van der Waals surface area contributed by atoms with Crippen molar-refractivity contribution in [3.63, 3.8) is 0 Å². The Balaban J connectivity index is 1.53. The maximum atomic E-state index is 12.3. The van der Waals surface area contributed by atoms with Crippen molar-refractivity contribution in [2.24, 2.45) is 0 Å². The van der Waals surface area contributed by atoms with E-state index in [-0.39, 0.29) is 13.2 Å². The zero-order valence-electron chi connectivity index (χ0n) is 18.6. The summed E-state index contributed by atoms with van der Waals surface area (Å²) >= 11 is 0. The van der Waals surface area contributed by atoms with Crippen LogP contribution in [0.3, 0.4) is 0 Å². The summed E-state index contributed by atoms with van der Waals surface area (Å²) in [6, 6.07) is 9.50. The number of imidazole rings is 1. The SMILES string of the molecule is CC1(C)OB(C(=Cc2ncnc3nc[nH]c23)CNC(=O)OCc2ccccc2)OC1(C)C. The molecule has 0 spiro atoms. The van der Waals surface area contributed by atoms with Gasteiger partial charge >= 0.3 is 13.2 Å². The highest BCUT2D eigenvalue weighted by Gasteiger charge is 2.52. The van der Waals surface area contributed by atoms with Crippen LogP contribution in [0.5, 0.6) is 0 Å². The minimum atomic E-state index is -0.664. The number of ether oxygens (including phenoxy) is 1. The van der Waals surface area contributed by atoms with Crippen LogP contribution in [0.15, 0.2) is 48.5 Å². The first-order chi connectivity index (χ1) is 15.2. The Morgan fingerprint density at radius 1 is 1.12 bits per heavy atom. The van der Waals surface area contributed by atoms with Crippen molar-refractivity contribution in [3.8, 4) is 0 Å². The molecule has 1 amide bonds. The standard InChI is InChI=1S/C22H26BN5O4/c1-21(2)22(3,4)32-23(31-21)16(10-17-18-19(27-13-25-17)28-14-26-18)11-24-20(29)30-12-15-8-6-5-7-9-15/h5-10,13-14H,11-12H2,1-4H3,(H,24,29)(H,25,26,27,28). The molecule has 0 atom stereocenters. The van der Waals surface area contributed by atoms with Gasteiger partial charge < -0.3 is 24.3 Å². The quantitative estimate of drug-likeness (QED) is 0.572. The first kappa shape index (κ1) is 22.0. The lowest BCUT2D eigenvalue weighted by atomic mass is 9.77. The van der Waals surface area contributed by atoms with Gasteiger partial charge in [0.1, 0.15) is 18.5 Å². The van der Waals surface area contributed by atoms with Crippen LogP contribution in [0.25, 0.3) is 17.2 Å². The molecule has 9 nitrogen and oxygen atoms in total. The summed E-state index contributed by atoms with van der Waals surface area (Å²) in [5, 5.41) is 2.79. The highest BCUT2D eigenvalue weighted by molar-refractivity contribution is 6.56. The fourth-order valence-electron chi connectivity index (χ4n) is 3.21. The van der Waals surface area contributed by atoms with Crippen LogP contribution in [-0.4, -0.2) is 50.9 Å². The first-order valence-corrected chi connectivity index (χ1v) is 10.4. The Kier molecular flexibility index (Phi) is 5.99. The summed E-state index contributed by atoms with van der Waals surface area (Å²) in [5.41, 5.74) is 2.40. The molecule has 0 radical (unpaired) electrons. The van der Waals surface area contributed by atoms with E-state index in [0.29, 0.717) is 22.3 Å². The van der Waals surface area contributed by atoms with Crippen LogP contribution in [0.2, 0.25) is 0 Å². The molecular weight excluding hydrogens is 409 g/mol. The van der Waals surface area contributed by atoms with Crippen LogP contribution < -0.4 is 5.32 Å². The monoisotopic (exact) mass is 435 g/mol. The third-order valence-corrected chi connectivity index (χ3v) is 5.78. The van der Waals surface area contributed by atoms with Gasteiger partial charge in [-0.2, -0.15) is 0 Å². The lowest BCUT2D eigenvalue weighted by molar-refractivity contribution is 0.00578. The van der Waals surface area contributed by atoms with Gasteiger partial charge in [0, 0.05) is 6.54 Å². The van der Waals surface area contributed by atoms with Gasteiger partial charge in [-0.1, -0.05) is 30.3 Å². The summed E-state index contributed by atoms with van der Waals surface area (Å²) in [6.07, 6.45) is 4.29. The van der Waals surface area contributed by atoms with Crippen LogP contribution in [-0.2, 0) is 20.7 Å². The van der Waals surface area contributed by atoms with E-state index in [4.69, 9.17) is 14.0 Å². The van der Waals surface area contributed by atoms with E-state index in [0.717, 1.165) is 5.56 Å². The number of hydrogen-bond acceptors (Lipinski definition) is 7. The number of amides is 1. The van der Waals surface area contributed by atoms with Gasteiger partial charge in [0.2, 0.25) is 0 Å². The number of fused-ring (bicyclic) bond motifs is 1. The maximum Gasteiger partial charge on any atom is 0.492 e. The van der Waals surface area contributed by atoms with E-state index in [1.165, 1.54) is 6.33 Å². The van der Waals surface area contributed by atoms with Crippen molar-refractivity contribution in [2.45, 2.75) is 45.5 Å². The number of benzene rings is 1. The molecule has 10 heteroatoms. The molecule has 0 bridgehead atoms. The topological polar surface area (TPSA) is 111 Å². The third-order valence-electron chi connectivity index (χ3n) is 5.78. The van der Waals surface area contributed by atoms with Gasteiger partial charge in [0.05, 0.1) is 23.2 Å². The van der Waals surface area contributed by atoms with Gasteiger partial charge in [0.25, 0.3) is 0 Å². The molecule has 4 rings (SSSR count). The normalized spacial score (nSPS) is 17.5. The summed E-state index contributed by atoms with van der Waals surface area (Å²) < 4.78 is 17.7. The molecule has 32 heavy (non-hydrogen) atoms. The Morgan fingerprint density at radius 2 is 1.84 bits per heavy atom. The molecule has 1 saturated heterocycles. The van der Waals surface area contributed by atoms with Crippen molar-refractivity contribution >= 4 is 30.5 Å². The van der Waals surface area contributed by atoms with Gasteiger partial charge in [-0.3, -0.25) is 0 Å². The zero-order chi connectivity index (χ0) is 22.8. The Hall–Kier alpha value is -3.24.